The van der Waals surface area contributed by atoms with E-state index < -0.39 is 0 Å². The zero-order valence-corrected chi connectivity index (χ0v) is 18.9. The summed E-state index contributed by atoms with van der Waals surface area (Å²) in [6.07, 6.45) is 2.08. The summed E-state index contributed by atoms with van der Waals surface area (Å²) in [5.74, 6) is 0.566. The van der Waals surface area contributed by atoms with Gasteiger partial charge >= 0.3 is 0 Å². The monoisotopic (exact) mass is 451 g/mol. The van der Waals surface area contributed by atoms with Gasteiger partial charge in [-0.3, -0.25) is 4.90 Å². The van der Waals surface area contributed by atoms with Crippen molar-refractivity contribution in [2.45, 2.75) is 25.8 Å². The van der Waals surface area contributed by atoms with Gasteiger partial charge in [-0.1, -0.05) is 47.5 Å². The van der Waals surface area contributed by atoms with Crippen molar-refractivity contribution in [2.24, 2.45) is 5.73 Å². The molecule has 0 saturated heterocycles. The summed E-state index contributed by atoms with van der Waals surface area (Å²) in [4.78, 5) is 2.35. The molecule has 0 bridgehead atoms. The van der Waals surface area contributed by atoms with E-state index in [1.807, 2.05) is 48.5 Å². The molecule has 2 aromatic carbocycles. The molecule has 1 atom stereocenters. The van der Waals surface area contributed by atoms with Crippen molar-refractivity contribution in [1.29, 1.82) is 5.26 Å². The molecule has 0 aromatic heterocycles. The van der Waals surface area contributed by atoms with E-state index in [0.717, 1.165) is 28.0 Å². The first-order valence-corrected chi connectivity index (χ1v) is 10.9. The van der Waals surface area contributed by atoms with Gasteiger partial charge in [0.2, 0.25) is 5.88 Å². The van der Waals surface area contributed by atoms with Gasteiger partial charge in [-0.25, -0.2) is 0 Å². The highest BCUT2D eigenvalue weighted by molar-refractivity contribution is 6.31. The zero-order valence-electron chi connectivity index (χ0n) is 17.4. The van der Waals surface area contributed by atoms with Crippen LogP contribution in [0.2, 0.25) is 10.0 Å². The molecule has 2 aromatic rings. The molecule has 1 unspecified atom stereocenters. The van der Waals surface area contributed by atoms with Gasteiger partial charge in [-0.15, -0.1) is 0 Å². The smallest absolute Gasteiger partial charge is 0.205 e. The van der Waals surface area contributed by atoms with E-state index >= 15 is 0 Å². The molecule has 2 heterocycles. The van der Waals surface area contributed by atoms with Crippen LogP contribution in [-0.2, 0) is 4.74 Å². The largest absolute Gasteiger partial charge is 0.440 e. The molecule has 2 aliphatic heterocycles. The van der Waals surface area contributed by atoms with Crippen LogP contribution in [0.4, 0.5) is 0 Å². The number of rotatable bonds is 3. The average molecular weight is 452 g/mol. The van der Waals surface area contributed by atoms with E-state index in [-0.39, 0.29) is 11.8 Å². The summed E-state index contributed by atoms with van der Waals surface area (Å²) < 4.78 is 6.07. The van der Waals surface area contributed by atoms with Gasteiger partial charge in [0.25, 0.3) is 0 Å². The van der Waals surface area contributed by atoms with Crippen molar-refractivity contribution in [3.05, 3.63) is 98.1 Å². The minimum atomic E-state index is -0.309. The molecule has 2 aliphatic rings. The van der Waals surface area contributed by atoms with Crippen molar-refractivity contribution in [3.63, 3.8) is 0 Å². The third-order valence-corrected chi connectivity index (χ3v) is 6.14. The molecule has 4 nitrogen and oxygen atoms in total. The Labute approximate surface area is 192 Å². The molecule has 31 heavy (non-hydrogen) atoms. The van der Waals surface area contributed by atoms with Crippen LogP contribution in [0.15, 0.2) is 76.9 Å². The lowest BCUT2D eigenvalue weighted by atomic mass is 9.80. The summed E-state index contributed by atoms with van der Waals surface area (Å²) in [5.41, 5.74) is 10.6. The van der Waals surface area contributed by atoms with E-state index in [2.05, 4.69) is 30.9 Å². The van der Waals surface area contributed by atoms with Crippen LogP contribution < -0.4 is 5.73 Å². The summed E-state index contributed by atoms with van der Waals surface area (Å²) in [7, 11) is 0. The van der Waals surface area contributed by atoms with Crippen LogP contribution in [-0.4, -0.2) is 24.0 Å². The lowest BCUT2D eigenvalue weighted by Crippen LogP contribution is -2.41. The highest BCUT2D eigenvalue weighted by Gasteiger charge is 2.38. The van der Waals surface area contributed by atoms with Crippen LogP contribution in [0, 0.1) is 11.3 Å². The van der Waals surface area contributed by atoms with E-state index in [1.54, 1.807) is 0 Å². The number of halogens is 2. The Balaban J connectivity index is 1.90. The standard InChI is InChI=1S/C25H23Cl2N3O/c1-15(2)30-13-18(9-16-5-3-7-19(26)10-16)24-22(14-30)23(21(12-28)25(29)31-24)17-6-4-8-20(27)11-17/h3-11,15,23H,13-14,29H2,1-2H3/b18-9-. The SMILES string of the molecule is CC(C)N1CC2=C(OC(N)=C(C#N)C2c2cccc(Cl)c2)/C(=C\c2cccc(Cl)c2)C1. The summed E-state index contributed by atoms with van der Waals surface area (Å²) in [5, 5.41) is 11.2. The third kappa shape index (κ3) is 4.36. The number of ether oxygens (including phenoxy) is 1. The average Bonchev–Trinajstić information content (AvgIpc) is 2.73. The maximum Gasteiger partial charge on any atom is 0.205 e. The molecule has 0 spiro atoms. The topological polar surface area (TPSA) is 62.3 Å². The number of hydrogen-bond acceptors (Lipinski definition) is 4. The Hall–Kier alpha value is -2.71. The molecule has 0 aliphatic carbocycles. The molecule has 4 rings (SSSR count). The number of nitriles is 1. The maximum atomic E-state index is 9.89. The quantitative estimate of drug-likeness (QED) is 0.634. The van der Waals surface area contributed by atoms with Gasteiger partial charge in [-0.05, 0) is 60.9 Å². The van der Waals surface area contributed by atoms with Crippen molar-refractivity contribution in [3.8, 4) is 6.07 Å². The van der Waals surface area contributed by atoms with Gasteiger partial charge < -0.3 is 10.5 Å². The van der Waals surface area contributed by atoms with E-state index in [1.165, 1.54) is 0 Å². The van der Waals surface area contributed by atoms with Gasteiger partial charge in [0.15, 0.2) is 0 Å². The molecule has 0 amide bonds. The second-order valence-electron chi connectivity index (χ2n) is 8.06. The van der Waals surface area contributed by atoms with E-state index in [0.29, 0.717) is 34.7 Å². The first kappa shape index (κ1) is 21.5. The Bertz CT molecular complexity index is 1160. The Morgan fingerprint density at radius 1 is 1.13 bits per heavy atom. The number of nitrogens with two attached hydrogens (primary N) is 1. The first-order valence-electron chi connectivity index (χ1n) is 10.1. The number of benzene rings is 2. The van der Waals surface area contributed by atoms with Gasteiger partial charge in [0, 0.05) is 34.7 Å². The summed E-state index contributed by atoms with van der Waals surface area (Å²) in [6.45, 7) is 5.71. The fraction of sp³-hybridized carbons (Fsp3) is 0.240. The highest BCUT2D eigenvalue weighted by atomic mass is 35.5. The maximum absolute atomic E-state index is 9.89. The van der Waals surface area contributed by atoms with Crippen LogP contribution >= 0.6 is 23.2 Å². The minimum Gasteiger partial charge on any atom is -0.440 e. The van der Waals surface area contributed by atoms with Crippen LogP contribution in [0.3, 0.4) is 0 Å². The van der Waals surface area contributed by atoms with Crippen molar-refractivity contribution >= 4 is 29.3 Å². The molecule has 0 fully saturated rings. The van der Waals surface area contributed by atoms with Gasteiger partial charge in [-0.2, -0.15) is 5.26 Å². The van der Waals surface area contributed by atoms with Crippen molar-refractivity contribution in [2.75, 3.05) is 13.1 Å². The van der Waals surface area contributed by atoms with Crippen LogP contribution in [0.1, 0.15) is 30.9 Å². The second kappa shape index (κ2) is 8.80. The minimum absolute atomic E-state index is 0.140. The Morgan fingerprint density at radius 3 is 2.48 bits per heavy atom. The number of hydrogen-bond donors (Lipinski definition) is 1. The molecular formula is C25H23Cl2N3O. The fourth-order valence-electron chi connectivity index (χ4n) is 4.13. The van der Waals surface area contributed by atoms with E-state index in [4.69, 9.17) is 33.7 Å². The fourth-order valence-corrected chi connectivity index (χ4v) is 4.52. The van der Waals surface area contributed by atoms with Gasteiger partial charge in [0.1, 0.15) is 17.4 Å². The van der Waals surface area contributed by atoms with Crippen molar-refractivity contribution in [1.82, 2.24) is 4.90 Å². The molecule has 2 N–H and O–H groups in total. The van der Waals surface area contributed by atoms with Gasteiger partial charge in [0.05, 0.1) is 5.92 Å². The molecule has 158 valence electrons. The Morgan fingerprint density at radius 2 is 1.84 bits per heavy atom. The second-order valence-corrected chi connectivity index (χ2v) is 8.93. The third-order valence-electron chi connectivity index (χ3n) is 5.67. The lowest BCUT2D eigenvalue weighted by Gasteiger charge is -2.40. The Kier molecular flexibility index (Phi) is 6.11. The predicted molar refractivity (Wildman–Crippen MR) is 125 cm³/mol. The first-order chi connectivity index (χ1) is 14.9. The normalized spacial score (nSPS) is 20.6. The predicted octanol–water partition coefficient (Wildman–Crippen LogP) is 5.86. The lowest BCUT2D eigenvalue weighted by molar-refractivity contribution is 0.208. The summed E-state index contributed by atoms with van der Waals surface area (Å²) in [6, 6.07) is 17.9. The molecule has 0 saturated carbocycles. The highest BCUT2D eigenvalue weighted by Crippen LogP contribution is 2.44. The molecule has 0 radical (unpaired) electrons. The molecular weight excluding hydrogens is 429 g/mol. The molecule has 6 heteroatoms. The van der Waals surface area contributed by atoms with Crippen LogP contribution in [0.25, 0.3) is 6.08 Å². The van der Waals surface area contributed by atoms with Crippen LogP contribution in [0.5, 0.6) is 0 Å². The number of nitrogens with zero attached hydrogens (tertiary/aromatic N) is 2. The number of allylic oxidation sites excluding steroid dienone is 1. The zero-order chi connectivity index (χ0) is 22.1. The van der Waals surface area contributed by atoms with E-state index in [9.17, 15) is 5.26 Å². The summed E-state index contributed by atoms with van der Waals surface area (Å²) >= 11 is 12.5. The van der Waals surface area contributed by atoms with Crippen molar-refractivity contribution < 1.29 is 4.74 Å².